The second kappa shape index (κ2) is 9.52. The summed E-state index contributed by atoms with van der Waals surface area (Å²) in [6.07, 6.45) is -0.546. The van der Waals surface area contributed by atoms with Crippen LogP contribution in [0, 0.1) is 0 Å². The molecule has 8 nitrogen and oxygen atoms in total. The summed E-state index contributed by atoms with van der Waals surface area (Å²) in [6.45, 7) is -0.0571. The molecule has 1 amide bonds. The molecular formula is C25H25N3O5. The number of anilines is 2. The van der Waals surface area contributed by atoms with Crippen LogP contribution in [0.3, 0.4) is 0 Å². The number of methoxy groups -OCH3 is 3. The van der Waals surface area contributed by atoms with Gasteiger partial charge in [0.25, 0.3) is 0 Å². The van der Waals surface area contributed by atoms with Crippen molar-refractivity contribution in [2.24, 2.45) is 0 Å². The van der Waals surface area contributed by atoms with Gasteiger partial charge >= 0.3 is 6.09 Å². The first-order chi connectivity index (χ1) is 16.1. The van der Waals surface area contributed by atoms with E-state index in [0.717, 1.165) is 27.7 Å². The Morgan fingerprint density at radius 3 is 2.39 bits per heavy atom. The van der Waals surface area contributed by atoms with Crippen molar-refractivity contribution >= 4 is 39.3 Å². The van der Waals surface area contributed by atoms with Crippen LogP contribution < -0.4 is 24.4 Å². The third-order valence-electron chi connectivity index (χ3n) is 5.30. The summed E-state index contributed by atoms with van der Waals surface area (Å²) >= 11 is 0. The largest absolute Gasteiger partial charge is 0.497 e. The summed E-state index contributed by atoms with van der Waals surface area (Å²) in [6, 6.07) is 19.2. The Morgan fingerprint density at radius 1 is 0.939 bits per heavy atom. The van der Waals surface area contributed by atoms with E-state index in [-0.39, 0.29) is 6.73 Å². The number of alkyl carbamates (subject to hydrolysis) is 1. The average molecular weight is 447 g/mol. The molecule has 0 fully saturated rings. The van der Waals surface area contributed by atoms with Crippen LogP contribution in [0.15, 0.2) is 60.7 Å². The first-order valence-corrected chi connectivity index (χ1v) is 10.3. The summed E-state index contributed by atoms with van der Waals surface area (Å²) in [4.78, 5) is 18.6. The van der Waals surface area contributed by atoms with Gasteiger partial charge in [-0.25, -0.2) is 9.78 Å². The molecule has 0 aliphatic rings. The fraction of sp³-hybridized carbons (Fsp3) is 0.200. The monoisotopic (exact) mass is 447 g/mol. The number of nitrogens with one attached hydrogen (secondary N) is 1. The molecule has 0 saturated carbocycles. The molecule has 0 spiro atoms. The van der Waals surface area contributed by atoms with Gasteiger partial charge in [0.05, 0.1) is 38.1 Å². The topological polar surface area (TPSA) is 82.2 Å². The highest BCUT2D eigenvalue weighted by atomic mass is 16.6. The smallest absolute Gasteiger partial charge is 0.408 e. The third-order valence-corrected chi connectivity index (χ3v) is 5.30. The molecule has 8 heteroatoms. The number of aromatic nitrogens is 1. The Hall–Kier alpha value is -4.20. The SMILES string of the molecule is CNC(=O)OCN(c1ccccc1)c1c(OC)c(OC)cc2nc3ccc(OC)cc3cc12. The van der Waals surface area contributed by atoms with Gasteiger partial charge in [0, 0.05) is 29.6 Å². The van der Waals surface area contributed by atoms with Crippen molar-refractivity contribution < 1.29 is 23.7 Å². The highest BCUT2D eigenvalue weighted by molar-refractivity contribution is 6.04. The molecule has 0 aliphatic carbocycles. The predicted octanol–water partition coefficient (Wildman–Crippen LogP) is 4.87. The lowest BCUT2D eigenvalue weighted by molar-refractivity contribution is 0.151. The van der Waals surface area contributed by atoms with Crippen LogP contribution in [-0.2, 0) is 4.74 Å². The van der Waals surface area contributed by atoms with Crippen molar-refractivity contribution in [2.75, 3.05) is 40.0 Å². The van der Waals surface area contributed by atoms with Crippen LogP contribution in [0.25, 0.3) is 21.8 Å². The molecule has 3 aromatic carbocycles. The van der Waals surface area contributed by atoms with E-state index in [1.807, 2.05) is 65.6 Å². The Kier molecular flexibility index (Phi) is 6.35. The summed E-state index contributed by atoms with van der Waals surface area (Å²) in [5.41, 5.74) is 3.00. The third kappa shape index (κ3) is 4.27. The number of hydrogen-bond donors (Lipinski definition) is 1. The van der Waals surface area contributed by atoms with E-state index >= 15 is 0 Å². The highest BCUT2D eigenvalue weighted by Gasteiger charge is 2.24. The molecule has 4 rings (SSSR count). The van der Waals surface area contributed by atoms with Crippen molar-refractivity contribution in [3.63, 3.8) is 0 Å². The van der Waals surface area contributed by atoms with Gasteiger partial charge in [-0.3, -0.25) is 0 Å². The van der Waals surface area contributed by atoms with Gasteiger partial charge in [0.1, 0.15) is 5.75 Å². The molecule has 0 unspecified atom stereocenters. The van der Waals surface area contributed by atoms with Crippen molar-refractivity contribution in [3.8, 4) is 17.2 Å². The quantitative estimate of drug-likeness (QED) is 0.320. The first-order valence-electron chi connectivity index (χ1n) is 10.3. The molecule has 1 aromatic heterocycles. The number of carbonyl (C=O) groups is 1. The number of nitrogens with zero attached hydrogens (tertiary/aromatic N) is 2. The zero-order valence-electron chi connectivity index (χ0n) is 18.9. The Labute approximate surface area is 191 Å². The van der Waals surface area contributed by atoms with Gasteiger partial charge in [0.15, 0.2) is 18.2 Å². The molecule has 0 radical (unpaired) electrons. The lowest BCUT2D eigenvalue weighted by Crippen LogP contribution is -2.28. The van der Waals surface area contributed by atoms with Crippen molar-refractivity contribution in [1.29, 1.82) is 0 Å². The number of fused-ring (bicyclic) bond motifs is 2. The van der Waals surface area contributed by atoms with Gasteiger partial charge in [0.2, 0.25) is 0 Å². The Morgan fingerprint density at radius 2 is 1.73 bits per heavy atom. The minimum absolute atomic E-state index is 0.0571. The summed E-state index contributed by atoms with van der Waals surface area (Å²) in [5.74, 6) is 1.74. The Bertz CT molecular complexity index is 1290. The van der Waals surface area contributed by atoms with Gasteiger partial charge in [-0.1, -0.05) is 18.2 Å². The number of rotatable bonds is 7. The lowest BCUT2D eigenvalue weighted by atomic mass is 10.1. The van der Waals surface area contributed by atoms with Crippen LogP contribution in [0.4, 0.5) is 16.2 Å². The number of para-hydroxylation sites is 1. The molecule has 0 atom stereocenters. The zero-order valence-corrected chi connectivity index (χ0v) is 18.9. The molecule has 1 N–H and O–H groups in total. The van der Waals surface area contributed by atoms with Crippen LogP contribution in [0.1, 0.15) is 0 Å². The van der Waals surface area contributed by atoms with Crippen molar-refractivity contribution in [2.45, 2.75) is 0 Å². The minimum Gasteiger partial charge on any atom is -0.497 e. The lowest BCUT2D eigenvalue weighted by Gasteiger charge is -2.28. The van der Waals surface area contributed by atoms with Gasteiger partial charge < -0.3 is 29.2 Å². The van der Waals surface area contributed by atoms with E-state index in [1.54, 1.807) is 21.3 Å². The number of hydrogen-bond acceptors (Lipinski definition) is 7. The maximum absolute atomic E-state index is 11.9. The zero-order chi connectivity index (χ0) is 23.4. The fourth-order valence-corrected chi connectivity index (χ4v) is 3.71. The van der Waals surface area contributed by atoms with Gasteiger partial charge in [-0.15, -0.1) is 0 Å². The molecule has 0 aliphatic heterocycles. The van der Waals surface area contributed by atoms with Crippen LogP contribution in [0.2, 0.25) is 0 Å². The molecule has 4 aromatic rings. The van der Waals surface area contributed by atoms with Gasteiger partial charge in [-0.05, 0) is 36.4 Å². The second-order valence-corrected chi connectivity index (χ2v) is 7.15. The maximum Gasteiger partial charge on any atom is 0.408 e. The highest BCUT2D eigenvalue weighted by Crippen LogP contribution is 2.46. The molecule has 33 heavy (non-hydrogen) atoms. The van der Waals surface area contributed by atoms with E-state index in [1.165, 1.54) is 7.05 Å². The summed E-state index contributed by atoms with van der Waals surface area (Å²) in [7, 11) is 6.29. The van der Waals surface area contributed by atoms with E-state index in [0.29, 0.717) is 22.7 Å². The normalized spacial score (nSPS) is 10.7. The molecule has 0 bridgehead atoms. The maximum atomic E-state index is 11.9. The van der Waals surface area contributed by atoms with E-state index < -0.39 is 6.09 Å². The average Bonchev–Trinajstić information content (AvgIpc) is 2.87. The van der Waals surface area contributed by atoms with Crippen molar-refractivity contribution in [3.05, 3.63) is 60.7 Å². The number of ether oxygens (including phenoxy) is 4. The van der Waals surface area contributed by atoms with Crippen LogP contribution >= 0.6 is 0 Å². The molecule has 170 valence electrons. The number of pyridine rings is 1. The Balaban J connectivity index is 2.03. The van der Waals surface area contributed by atoms with Crippen LogP contribution in [0.5, 0.6) is 17.2 Å². The van der Waals surface area contributed by atoms with E-state index in [2.05, 4.69) is 5.32 Å². The number of amides is 1. The van der Waals surface area contributed by atoms with E-state index in [4.69, 9.17) is 23.9 Å². The summed E-state index contributed by atoms with van der Waals surface area (Å²) < 4.78 is 22.3. The second-order valence-electron chi connectivity index (χ2n) is 7.15. The number of carbonyl (C=O) groups excluding carboxylic acids is 1. The predicted molar refractivity (Wildman–Crippen MR) is 128 cm³/mol. The number of benzene rings is 3. The van der Waals surface area contributed by atoms with Crippen LogP contribution in [-0.4, -0.2) is 46.2 Å². The fourth-order valence-electron chi connectivity index (χ4n) is 3.71. The summed E-state index contributed by atoms with van der Waals surface area (Å²) in [5, 5.41) is 4.18. The molecule has 0 saturated heterocycles. The first kappa shape index (κ1) is 22.0. The standard InChI is InChI=1S/C25H25N3O5/c1-26-25(29)33-15-28(17-8-6-5-7-9-17)23-19-13-16-12-18(30-2)10-11-20(16)27-21(19)14-22(31-3)24(23)32-4/h5-14H,15H2,1-4H3,(H,26,29). The van der Waals surface area contributed by atoms with E-state index in [9.17, 15) is 4.79 Å². The molecule has 1 heterocycles. The molecular weight excluding hydrogens is 422 g/mol. The minimum atomic E-state index is -0.546. The van der Waals surface area contributed by atoms with Crippen molar-refractivity contribution in [1.82, 2.24) is 10.3 Å². The van der Waals surface area contributed by atoms with Gasteiger partial charge in [-0.2, -0.15) is 0 Å².